The smallest absolute Gasteiger partial charge is 0.515 e. The van der Waals surface area contributed by atoms with Crippen molar-refractivity contribution >= 4 is 23.1 Å². The quantitative estimate of drug-likeness (QED) is 0.195. The summed E-state index contributed by atoms with van der Waals surface area (Å²) >= 11 is 0. The molecule has 6 heteroatoms. The molecule has 1 aliphatic carbocycles. The molecular formula is C38H39N3O2Pt. The topological polar surface area (TPSA) is 47.0 Å². The molecule has 0 amide bonds. The number of pyridine rings is 1. The largest absolute Gasteiger partial charge is 2.00 e. The van der Waals surface area contributed by atoms with Gasteiger partial charge in [-0.05, 0) is 59.4 Å². The second kappa shape index (κ2) is 11.5. The van der Waals surface area contributed by atoms with Crippen molar-refractivity contribution in [1.82, 2.24) is 4.98 Å². The van der Waals surface area contributed by atoms with Crippen LogP contribution in [0.5, 0.6) is 11.5 Å². The van der Waals surface area contributed by atoms with Gasteiger partial charge in [-0.15, -0.1) is 29.3 Å². The number of aryl methyl sites for hydroxylation is 1. The zero-order chi connectivity index (χ0) is 29.9. The Balaban J connectivity index is 0.00000343. The molecule has 5 nitrogen and oxygen atoms in total. The predicted molar refractivity (Wildman–Crippen MR) is 172 cm³/mol. The van der Waals surface area contributed by atoms with E-state index in [9.17, 15) is 0 Å². The molecule has 2 aliphatic heterocycles. The van der Waals surface area contributed by atoms with E-state index in [0.29, 0.717) is 17.4 Å². The van der Waals surface area contributed by atoms with Crippen LogP contribution >= 0.6 is 0 Å². The van der Waals surface area contributed by atoms with Crippen molar-refractivity contribution in [3.05, 3.63) is 107 Å². The summed E-state index contributed by atoms with van der Waals surface area (Å²) in [7, 11) is 0. The normalized spacial score (nSPS) is 20.0. The monoisotopic (exact) mass is 764 g/mol. The first-order chi connectivity index (χ1) is 20.6. The summed E-state index contributed by atoms with van der Waals surface area (Å²) in [5.41, 5.74) is 7.39. The van der Waals surface area contributed by atoms with Crippen molar-refractivity contribution in [3.8, 4) is 11.5 Å². The summed E-state index contributed by atoms with van der Waals surface area (Å²) in [6.45, 7) is 13.3. The standard InChI is InChI=1S/C38H39N3O2.Pt/c1-24-19-25(36-40-31-12-8-10-14-34(31)43-36)21-28(20-24)42-27-15-16-30-33(23-27)41(32-13-9-7-11-29(32)38(30,5)6)35-22-26(17-18-39-35)37(2,3)4;/h7,9,11,13,15-20,22,31,34H,8,10,12,14H2,1-6H3;/q-2;+2/t31-,34-;/m0./s1. The van der Waals surface area contributed by atoms with E-state index < -0.39 is 0 Å². The molecule has 0 saturated heterocycles. The minimum Gasteiger partial charge on any atom is -0.515 e. The second-order valence-corrected chi connectivity index (χ2v) is 13.7. The number of para-hydroxylation sites is 1. The van der Waals surface area contributed by atoms with E-state index >= 15 is 0 Å². The average Bonchev–Trinajstić information content (AvgIpc) is 3.41. The first kappa shape index (κ1) is 30.6. The van der Waals surface area contributed by atoms with Crippen LogP contribution in [0.4, 0.5) is 17.2 Å². The zero-order valence-electron chi connectivity index (χ0n) is 26.3. The van der Waals surface area contributed by atoms with Gasteiger partial charge in [-0.25, -0.2) is 4.98 Å². The Morgan fingerprint density at radius 2 is 1.73 bits per heavy atom. The van der Waals surface area contributed by atoms with Gasteiger partial charge in [0.25, 0.3) is 0 Å². The molecule has 0 spiro atoms. The fourth-order valence-electron chi connectivity index (χ4n) is 6.70. The van der Waals surface area contributed by atoms with E-state index in [0.717, 1.165) is 41.2 Å². The van der Waals surface area contributed by atoms with Crippen LogP contribution in [0.2, 0.25) is 0 Å². The third-order valence-electron chi connectivity index (χ3n) is 9.11. The van der Waals surface area contributed by atoms with Gasteiger partial charge < -0.3 is 14.4 Å². The van der Waals surface area contributed by atoms with E-state index in [1.165, 1.54) is 29.5 Å². The molecule has 1 fully saturated rings. The third kappa shape index (κ3) is 5.49. The molecule has 7 rings (SSSR count). The number of aromatic nitrogens is 1. The number of nitrogens with zero attached hydrogens (tertiary/aromatic N) is 3. The number of hydrogen-bond acceptors (Lipinski definition) is 5. The van der Waals surface area contributed by atoms with Crippen molar-refractivity contribution in [3.63, 3.8) is 0 Å². The maximum atomic E-state index is 6.49. The Labute approximate surface area is 276 Å². The van der Waals surface area contributed by atoms with Crippen molar-refractivity contribution in [2.75, 3.05) is 4.90 Å². The minimum atomic E-state index is -0.226. The van der Waals surface area contributed by atoms with Crippen LogP contribution in [0.3, 0.4) is 0 Å². The summed E-state index contributed by atoms with van der Waals surface area (Å²) < 4.78 is 12.8. The number of hydrogen-bond donors (Lipinski definition) is 0. The van der Waals surface area contributed by atoms with E-state index in [2.05, 4.69) is 107 Å². The molecule has 1 saturated carbocycles. The van der Waals surface area contributed by atoms with Gasteiger partial charge in [-0.2, -0.15) is 6.07 Å². The Morgan fingerprint density at radius 1 is 0.932 bits per heavy atom. The van der Waals surface area contributed by atoms with Gasteiger partial charge in [0.1, 0.15) is 17.8 Å². The van der Waals surface area contributed by atoms with Crippen LogP contribution < -0.4 is 9.64 Å². The predicted octanol–water partition coefficient (Wildman–Crippen LogP) is 9.27. The first-order valence-electron chi connectivity index (χ1n) is 15.5. The molecule has 3 aliphatic rings. The minimum absolute atomic E-state index is 0. The van der Waals surface area contributed by atoms with E-state index in [1.807, 2.05) is 18.3 Å². The fourth-order valence-corrected chi connectivity index (χ4v) is 6.70. The van der Waals surface area contributed by atoms with Crippen LogP contribution in [0.1, 0.15) is 88.1 Å². The van der Waals surface area contributed by atoms with Gasteiger partial charge in [0.2, 0.25) is 0 Å². The molecule has 3 aromatic carbocycles. The molecule has 4 aromatic rings. The molecule has 0 bridgehead atoms. The average molecular weight is 765 g/mol. The summed E-state index contributed by atoms with van der Waals surface area (Å²) in [5, 5.41) is 0. The molecule has 0 unspecified atom stereocenters. The SMILES string of the molecule is Cc1cc(Oc2[c-]c3c(cc2)C(C)(C)c2ccccc2N3c2cc(C(C)(C)C)ccn2)[c-]c(C2=N[C@H]3CCCC[C@@H]3O2)c1.[Pt+2]. The summed E-state index contributed by atoms with van der Waals surface area (Å²) in [4.78, 5) is 12.0. The Bertz CT molecular complexity index is 1740. The molecule has 0 radical (unpaired) electrons. The van der Waals surface area contributed by atoms with Crippen LogP contribution in [0, 0.1) is 19.1 Å². The van der Waals surface area contributed by atoms with Crippen LogP contribution in [-0.2, 0) is 36.6 Å². The second-order valence-electron chi connectivity index (χ2n) is 13.7. The van der Waals surface area contributed by atoms with Gasteiger partial charge in [0.05, 0.1) is 6.04 Å². The molecule has 1 aromatic heterocycles. The van der Waals surface area contributed by atoms with Gasteiger partial charge in [0, 0.05) is 23.4 Å². The Kier molecular flexibility index (Phi) is 7.99. The van der Waals surface area contributed by atoms with Gasteiger partial charge in [0.15, 0.2) is 0 Å². The number of ether oxygens (including phenoxy) is 2. The maximum Gasteiger partial charge on any atom is 2.00 e. The van der Waals surface area contributed by atoms with Crippen molar-refractivity contribution in [1.29, 1.82) is 0 Å². The van der Waals surface area contributed by atoms with Crippen molar-refractivity contribution in [2.24, 2.45) is 4.99 Å². The number of rotatable bonds is 4. The van der Waals surface area contributed by atoms with E-state index in [-0.39, 0.29) is 44.0 Å². The Morgan fingerprint density at radius 3 is 2.52 bits per heavy atom. The van der Waals surface area contributed by atoms with Gasteiger partial charge >= 0.3 is 21.1 Å². The van der Waals surface area contributed by atoms with Crippen molar-refractivity contribution in [2.45, 2.75) is 90.2 Å². The van der Waals surface area contributed by atoms with Gasteiger partial charge in [-0.1, -0.05) is 89.5 Å². The molecule has 0 N–H and O–H groups in total. The first-order valence-corrected chi connectivity index (χ1v) is 15.5. The third-order valence-corrected chi connectivity index (χ3v) is 9.11. The van der Waals surface area contributed by atoms with Crippen LogP contribution in [0.15, 0.2) is 71.9 Å². The van der Waals surface area contributed by atoms with Gasteiger partial charge in [-0.3, -0.25) is 4.99 Å². The summed E-state index contributed by atoms with van der Waals surface area (Å²) in [6.07, 6.45) is 6.69. The van der Waals surface area contributed by atoms with Crippen molar-refractivity contribution < 1.29 is 30.5 Å². The molecule has 3 heterocycles. The zero-order valence-corrected chi connectivity index (χ0v) is 28.6. The number of aliphatic imine (C=N–C) groups is 1. The fraction of sp³-hybridized carbons (Fsp3) is 0.368. The number of benzene rings is 3. The molecular weight excluding hydrogens is 726 g/mol. The van der Waals surface area contributed by atoms with Crippen LogP contribution in [-0.4, -0.2) is 23.0 Å². The summed E-state index contributed by atoms with van der Waals surface area (Å²) in [5.74, 6) is 2.81. The van der Waals surface area contributed by atoms with Crippen LogP contribution in [0.25, 0.3) is 0 Å². The summed E-state index contributed by atoms with van der Waals surface area (Å²) in [6, 6.07) is 28.5. The number of anilines is 3. The Hall–Kier alpha value is -3.43. The molecule has 2 atom stereocenters. The molecule has 44 heavy (non-hydrogen) atoms. The van der Waals surface area contributed by atoms with E-state index in [1.54, 1.807) is 0 Å². The maximum absolute atomic E-state index is 6.49. The number of fused-ring (bicyclic) bond motifs is 3. The van der Waals surface area contributed by atoms with E-state index in [4.69, 9.17) is 19.5 Å². The molecule has 228 valence electrons.